The minimum absolute atomic E-state index is 0.211. The molecule has 2 N–H and O–H groups in total. The SMILES string of the molecule is Cn1nnc(NC(=O)NC2CCCC23CCOCC3)n1. The van der Waals surface area contributed by atoms with E-state index in [1.165, 1.54) is 11.2 Å². The van der Waals surface area contributed by atoms with Crippen LogP contribution in [-0.4, -0.2) is 45.5 Å². The van der Waals surface area contributed by atoms with Crippen molar-refractivity contribution in [3.8, 4) is 0 Å². The van der Waals surface area contributed by atoms with Crippen molar-refractivity contribution >= 4 is 12.0 Å². The van der Waals surface area contributed by atoms with Crippen molar-refractivity contribution in [3.05, 3.63) is 0 Å². The first-order valence-electron chi connectivity index (χ1n) is 7.07. The maximum atomic E-state index is 12.0. The summed E-state index contributed by atoms with van der Waals surface area (Å²) in [5.41, 5.74) is 0.214. The molecule has 1 saturated carbocycles. The number of rotatable bonds is 2. The lowest BCUT2D eigenvalue weighted by molar-refractivity contribution is 0.00651. The second-order valence-electron chi connectivity index (χ2n) is 5.62. The van der Waals surface area contributed by atoms with Crippen molar-refractivity contribution in [2.45, 2.75) is 38.1 Å². The average molecular weight is 280 g/mol. The van der Waals surface area contributed by atoms with E-state index in [-0.39, 0.29) is 23.4 Å². The Balaban J connectivity index is 1.60. The van der Waals surface area contributed by atoms with E-state index in [9.17, 15) is 4.79 Å². The Bertz CT molecular complexity index is 482. The van der Waals surface area contributed by atoms with E-state index in [1.807, 2.05) is 0 Å². The Morgan fingerprint density at radius 2 is 2.20 bits per heavy atom. The number of ether oxygens (including phenoxy) is 1. The highest BCUT2D eigenvalue weighted by molar-refractivity contribution is 5.87. The zero-order chi connectivity index (χ0) is 14.0. The van der Waals surface area contributed by atoms with E-state index in [2.05, 4.69) is 26.0 Å². The van der Waals surface area contributed by atoms with E-state index in [0.717, 1.165) is 38.9 Å². The first-order valence-corrected chi connectivity index (χ1v) is 7.07. The Labute approximate surface area is 117 Å². The number of hydrogen-bond donors (Lipinski definition) is 2. The third-order valence-corrected chi connectivity index (χ3v) is 4.43. The zero-order valence-corrected chi connectivity index (χ0v) is 11.6. The van der Waals surface area contributed by atoms with Crippen LogP contribution in [0.15, 0.2) is 0 Å². The number of carbonyl (C=O) groups excluding carboxylic acids is 1. The predicted molar refractivity (Wildman–Crippen MR) is 71.1 cm³/mol. The Kier molecular flexibility index (Phi) is 3.56. The Morgan fingerprint density at radius 3 is 2.90 bits per heavy atom. The number of aromatic nitrogens is 4. The molecule has 1 aliphatic heterocycles. The highest BCUT2D eigenvalue weighted by Crippen LogP contribution is 2.45. The maximum absolute atomic E-state index is 12.0. The number of tetrazole rings is 1. The summed E-state index contributed by atoms with van der Waals surface area (Å²) in [6, 6.07) is -0.0427. The van der Waals surface area contributed by atoms with Crippen molar-refractivity contribution in [1.29, 1.82) is 0 Å². The Morgan fingerprint density at radius 1 is 1.40 bits per heavy atom. The van der Waals surface area contributed by atoms with Gasteiger partial charge in [-0.3, -0.25) is 5.32 Å². The molecule has 8 nitrogen and oxygen atoms in total. The number of aryl methyl sites for hydroxylation is 1. The van der Waals surface area contributed by atoms with Crippen LogP contribution in [0.2, 0.25) is 0 Å². The summed E-state index contributed by atoms with van der Waals surface area (Å²) in [5.74, 6) is 0.226. The highest BCUT2D eigenvalue weighted by atomic mass is 16.5. The van der Waals surface area contributed by atoms with Gasteiger partial charge in [-0.1, -0.05) is 11.5 Å². The molecule has 2 aliphatic rings. The van der Waals surface area contributed by atoms with Crippen LogP contribution in [0.25, 0.3) is 0 Å². The molecule has 8 heteroatoms. The quantitative estimate of drug-likeness (QED) is 0.831. The lowest BCUT2D eigenvalue weighted by Gasteiger charge is -2.39. The number of urea groups is 1. The molecule has 2 fully saturated rings. The van der Waals surface area contributed by atoms with Gasteiger partial charge in [0, 0.05) is 19.3 Å². The van der Waals surface area contributed by atoms with Crippen molar-refractivity contribution in [3.63, 3.8) is 0 Å². The van der Waals surface area contributed by atoms with E-state index in [0.29, 0.717) is 0 Å². The summed E-state index contributed by atoms with van der Waals surface area (Å²) in [6.07, 6.45) is 5.42. The molecule has 1 spiro atoms. The van der Waals surface area contributed by atoms with E-state index >= 15 is 0 Å². The lowest BCUT2D eigenvalue weighted by Crippen LogP contribution is -2.48. The molecule has 3 rings (SSSR count). The highest BCUT2D eigenvalue weighted by Gasteiger charge is 2.44. The van der Waals surface area contributed by atoms with Gasteiger partial charge in [0.1, 0.15) is 0 Å². The number of hydrogen-bond acceptors (Lipinski definition) is 5. The number of amides is 2. The normalized spacial score (nSPS) is 24.8. The molecule has 2 amide bonds. The summed E-state index contributed by atoms with van der Waals surface area (Å²) in [7, 11) is 1.66. The average Bonchev–Trinajstić information content (AvgIpc) is 2.99. The minimum atomic E-state index is -0.254. The van der Waals surface area contributed by atoms with Gasteiger partial charge < -0.3 is 10.1 Å². The van der Waals surface area contributed by atoms with Crippen LogP contribution in [0.5, 0.6) is 0 Å². The molecule has 20 heavy (non-hydrogen) atoms. The van der Waals surface area contributed by atoms with Crippen LogP contribution < -0.4 is 10.6 Å². The van der Waals surface area contributed by atoms with Gasteiger partial charge in [0.15, 0.2) is 0 Å². The summed E-state index contributed by atoms with van der Waals surface area (Å²) < 4.78 is 5.45. The van der Waals surface area contributed by atoms with Gasteiger partial charge in [0.05, 0.1) is 7.05 Å². The van der Waals surface area contributed by atoms with Crippen LogP contribution in [0, 0.1) is 5.41 Å². The standard InChI is InChI=1S/C12H20N6O2/c1-18-16-10(15-17-18)14-11(19)13-9-3-2-4-12(9)5-7-20-8-6-12/h9H,2-8H2,1H3,(H2,13,14,16,19). The Hall–Kier alpha value is -1.70. The van der Waals surface area contributed by atoms with Crippen molar-refractivity contribution in [1.82, 2.24) is 25.5 Å². The van der Waals surface area contributed by atoms with Gasteiger partial charge in [-0.25, -0.2) is 4.79 Å². The maximum Gasteiger partial charge on any atom is 0.321 e. The zero-order valence-electron chi connectivity index (χ0n) is 11.6. The summed E-state index contributed by atoms with van der Waals surface area (Å²) in [6.45, 7) is 1.59. The fourth-order valence-electron chi connectivity index (χ4n) is 3.37. The van der Waals surface area contributed by atoms with E-state index in [1.54, 1.807) is 7.05 Å². The fraction of sp³-hybridized carbons (Fsp3) is 0.833. The number of nitrogens with one attached hydrogen (secondary N) is 2. The fourth-order valence-corrected chi connectivity index (χ4v) is 3.37. The van der Waals surface area contributed by atoms with Crippen LogP contribution in [-0.2, 0) is 11.8 Å². The topological polar surface area (TPSA) is 94.0 Å². The van der Waals surface area contributed by atoms with Gasteiger partial charge in [0.25, 0.3) is 5.95 Å². The molecule has 1 aromatic rings. The predicted octanol–water partition coefficient (Wildman–Crippen LogP) is 0.681. The molecule has 1 atom stereocenters. The minimum Gasteiger partial charge on any atom is -0.381 e. The molecular formula is C12H20N6O2. The first kappa shape index (κ1) is 13.3. The summed E-state index contributed by atoms with van der Waals surface area (Å²) in [4.78, 5) is 13.3. The van der Waals surface area contributed by atoms with Crippen molar-refractivity contribution < 1.29 is 9.53 Å². The van der Waals surface area contributed by atoms with E-state index in [4.69, 9.17) is 4.74 Å². The van der Waals surface area contributed by atoms with Gasteiger partial charge in [0.2, 0.25) is 0 Å². The molecule has 110 valence electrons. The third kappa shape index (κ3) is 2.60. The lowest BCUT2D eigenvalue weighted by atomic mass is 9.75. The molecule has 1 unspecified atom stereocenters. The van der Waals surface area contributed by atoms with Crippen LogP contribution in [0.4, 0.5) is 10.7 Å². The number of carbonyl (C=O) groups is 1. The largest absolute Gasteiger partial charge is 0.381 e. The second-order valence-corrected chi connectivity index (χ2v) is 5.62. The third-order valence-electron chi connectivity index (χ3n) is 4.43. The van der Waals surface area contributed by atoms with Gasteiger partial charge in [-0.2, -0.15) is 4.80 Å². The molecule has 1 aromatic heterocycles. The van der Waals surface area contributed by atoms with Crippen LogP contribution in [0.3, 0.4) is 0 Å². The second kappa shape index (κ2) is 5.35. The molecule has 2 heterocycles. The molecule has 0 aromatic carbocycles. The molecule has 1 saturated heterocycles. The molecule has 0 radical (unpaired) electrons. The molecule has 0 bridgehead atoms. The monoisotopic (exact) mass is 280 g/mol. The van der Waals surface area contributed by atoms with Crippen molar-refractivity contribution in [2.75, 3.05) is 18.5 Å². The number of nitrogens with zero attached hydrogens (tertiary/aromatic N) is 4. The summed E-state index contributed by atoms with van der Waals surface area (Å²) in [5, 5.41) is 17.1. The molecule has 1 aliphatic carbocycles. The van der Waals surface area contributed by atoms with E-state index < -0.39 is 0 Å². The number of anilines is 1. The van der Waals surface area contributed by atoms with Crippen molar-refractivity contribution in [2.24, 2.45) is 12.5 Å². The van der Waals surface area contributed by atoms with Crippen LogP contribution in [0.1, 0.15) is 32.1 Å². The smallest absolute Gasteiger partial charge is 0.321 e. The first-order chi connectivity index (χ1) is 9.68. The van der Waals surface area contributed by atoms with Gasteiger partial charge >= 0.3 is 6.03 Å². The molecular weight excluding hydrogens is 260 g/mol. The summed E-state index contributed by atoms with van der Waals surface area (Å²) >= 11 is 0. The van der Waals surface area contributed by atoms with Gasteiger partial charge in [-0.15, -0.1) is 5.10 Å². The van der Waals surface area contributed by atoms with Crippen LogP contribution >= 0.6 is 0 Å². The van der Waals surface area contributed by atoms with Gasteiger partial charge in [-0.05, 0) is 36.3 Å².